The summed E-state index contributed by atoms with van der Waals surface area (Å²) in [6.45, 7) is 2.19. The molecule has 0 fully saturated rings. The molecule has 7 nitrogen and oxygen atoms in total. The number of amides is 1. The van der Waals surface area contributed by atoms with E-state index in [2.05, 4.69) is 17.5 Å². The molecule has 1 aromatic carbocycles. The van der Waals surface area contributed by atoms with Crippen LogP contribution in [0.5, 0.6) is 11.5 Å². The monoisotopic (exact) mass is 415 g/mol. The molecule has 3 rings (SSSR count). The number of nitrogens with one attached hydrogen (secondary N) is 1. The molecule has 1 heterocycles. The highest BCUT2D eigenvalue weighted by Crippen LogP contribution is 2.34. The van der Waals surface area contributed by atoms with Crippen LogP contribution in [0.1, 0.15) is 55.8 Å². The predicted molar refractivity (Wildman–Crippen MR) is 109 cm³/mol. The number of ether oxygens (including phenoxy) is 2. The van der Waals surface area contributed by atoms with Crippen molar-refractivity contribution in [2.24, 2.45) is 11.0 Å². The van der Waals surface area contributed by atoms with E-state index in [9.17, 15) is 14.7 Å². The first-order chi connectivity index (χ1) is 14.0. The SMILES string of the molecule is CC[C@@H]1CCc2sc(C(=O)N/N=C\c3ccc(OC)c(OC)c3C(=O)[O-])cc2C1. The number of thiophene rings is 1. The second kappa shape index (κ2) is 9.09. The topological polar surface area (TPSA) is 100 Å². The smallest absolute Gasteiger partial charge is 0.281 e. The van der Waals surface area contributed by atoms with Gasteiger partial charge in [0.2, 0.25) is 0 Å². The second-order valence-corrected chi connectivity index (χ2v) is 7.96. The number of methoxy groups -OCH3 is 2. The third-order valence-electron chi connectivity index (χ3n) is 5.14. The van der Waals surface area contributed by atoms with Crippen LogP contribution in [0, 0.1) is 5.92 Å². The number of hydrogen-bond acceptors (Lipinski definition) is 7. The lowest BCUT2D eigenvalue weighted by molar-refractivity contribution is -0.255. The number of carbonyl (C=O) groups excluding carboxylic acids is 2. The Labute approximate surface area is 173 Å². The standard InChI is InChI=1S/C21H24N2O5S/c1-4-12-5-8-16-14(9-12)10-17(29-16)20(24)23-22-11-13-6-7-15(27-2)19(28-3)18(13)21(25)26/h6-7,10-12H,4-5,8-9H2,1-3H3,(H,23,24)(H,25,26)/p-1/b22-11-/t12-/m1/s1. The number of rotatable bonds is 7. The maximum Gasteiger partial charge on any atom is 0.281 e. The van der Waals surface area contributed by atoms with Gasteiger partial charge < -0.3 is 19.4 Å². The van der Waals surface area contributed by atoms with Crippen LogP contribution in [0.25, 0.3) is 0 Å². The largest absolute Gasteiger partial charge is 0.545 e. The highest BCUT2D eigenvalue weighted by molar-refractivity contribution is 7.14. The lowest BCUT2D eigenvalue weighted by Gasteiger charge is -2.19. The molecule has 1 aromatic heterocycles. The molecule has 1 aliphatic carbocycles. The van der Waals surface area contributed by atoms with E-state index in [1.165, 1.54) is 48.3 Å². The average Bonchev–Trinajstić information content (AvgIpc) is 3.16. The zero-order valence-electron chi connectivity index (χ0n) is 16.6. The zero-order chi connectivity index (χ0) is 21.0. The van der Waals surface area contributed by atoms with E-state index in [-0.39, 0.29) is 28.5 Å². The second-order valence-electron chi connectivity index (χ2n) is 6.83. The molecule has 0 saturated heterocycles. The van der Waals surface area contributed by atoms with E-state index in [1.807, 2.05) is 6.07 Å². The van der Waals surface area contributed by atoms with E-state index in [0.717, 1.165) is 25.7 Å². The molecule has 29 heavy (non-hydrogen) atoms. The van der Waals surface area contributed by atoms with Crippen LogP contribution in [0.2, 0.25) is 0 Å². The number of carboxylic acids is 1. The van der Waals surface area contributed by atoms with Gasteiger partial charge in [0, 0.05) is 10.4 Å². The molecule has 154 valence electrons. The molecule has 0 saturated carbocycles. The Morgan fingerprint density at radius 2 is 2.14 bits per heavy atom. The average molecular weight is 415 g/mol. The van der Waals surface area contributed by atoms with Crippen LogP contribution in [-0.4, -0.2) is 32.3 Å². The Morgan fingerprint density at radius 3 is 2.79 bits per heavy atom. The van der Waals surface area contributed by atoms with Gasteiger partial charge in [-0.3, -0.25) is 4.79 Å². The van der Waals surface area contributed by atoms with Crippen molar-refractivity contribution in [2.75, 3.05) is 14.2 Å². The molecule has 2 aromatic rings. The quantitative estimate of drug-likeness (QED) is 0.553. The number of aromatic carboxylic acids is 1. The number of carboxylic acid groups (broad SMARTS) is 1. The Kier molecular flexibility index (Phi) is 6.53. The van der Waals surface area contributed by atoms with Crippen LogP contribution in [0.15, 0.2) is 23.3 Å². The highest BCUT2D eigenvalue weighted by Gasteiger charge is 2.22. The summed E-state index contributed by atoms with van der Waals surface area (Å²) in [6.07, 6.45) is 5.59. The maximum atomic E-state index is 12.5. The number of nitrogens with zero attached hydrogens (tertiary/aromatic N) is 1. The van der Waals surface area contributed by atoms with Gasteiger partial charge in [-0.1, -0.05) is 13.3 Å². The van der Waals surface area contributed by atoms with Gasteiger partial charge in [-0.25, -0.2) is 5.43 Å². The van der Waals surface area contributed by atoms with Gasteiger partial charge in [-0.15, -0.1) is 11.3 Å². The zero-order valence-corrected chi connectivity index (χ0v) is 17.4. The molecular formula is C21H23N2O5S-. The molecule has 0 radical (unpaired) electrons. The number of hydrogen-bond donors (Lipinski definition) is 1. The summed E-state index contributed by atoms with van der Waals surface area (Å²) in [7, 11) is 2.75. The van der Waals surface area contributed by atoms with Gasteiger partial charge in [0.05, 0.1) is 36.8 Å². The van der Waals surface area contributed by atoms with Crippen LogP contribution in [0.4, 0.5) is 0 Å². The van der Waals surface area contributed by atoms with Crippen LogP contribution in [-0.2, 0) is 12.8 Å². The normalized spacial score (nSPS) is 15.8. The molecule has 0 spiro atoms. The lowest BCUT2D eigenvalue weighted by atomic mass is 9.87. The Bertz CT molecular complexity index is 951. The van der Waals surface area contributed by atoms with E-state index in [1.54, 1.807) is 6.07 Å². The fourth-order valence-corrected chi connectivity index (χ4v) is 4.63. The van der Waals surface area contributed by atoms with Crippen molar-refractivity contribution in [3.8, 4) is 11.5 Å². The van der Waals surface area contributed by atoms with Crippen molar-refractivity contribution in [2.45, 2.75) is 32.6 Å². The van der Waals surface area contributed by atoms with Crippen LogP contribution in [0.3, 0.4) is 0 Å². The van der Waals surface area contributed by atoms with Gasteiger partial charge in [-0.2, -0.15) is 5.10 Å². The molecule has 0 unspecified atom stereocenters. The molecule has 0 bridgehead atoms. The first kappa shape index (κ1) is 20.9. The summed E-state index contributed by atoms with van der Waals surface area (Å²) in [4.78, 5) is 25.9. The van der Waals surface area contributed by atoms with Crippen molar-refractivity contribution >= 4 is 29.4 Å². The minimum Gasteiger partial charge on any atom is -0.545 e. The Hall–Kier alpha value is -2.87. The summed E-state index contributed by atoms with van der Waals surface area (Å²) < 4.78 is 10.2. The summed E-state index contributed by atoms with van der Waals surface area (Å²) in [5.74, 6) is -0.755. The van der Waals surface area contributed by atoms with Gasteiger partial charge >= 0.3 is 0 Å². The number of benzene rings is 1. The van der Waals surface area contributed by atoms with Gasteiger partial charge in [0.15, 0.2) is 11.5 Å². The van der Waals surface area contributed by atoms with E-state index >= 15 is 0 Å². The third-order valence-corrected chi connectivity index (χ3v) is 6.37. The maximum absolute atomic E-state index is 12.5. The number of carbonyl (C=O) groups is 2. The Balaban J connectivity index is 1.76. The fraction of sp³-hybridized carbons (Fsp3) is 0.381. The minimum atomic E-state index is -1.43. The third kappa shape index (κ3) is 4.42. The lowest BCUT2D eigenvalue weighted by Crippen LogP contribution is -2.25. The number of fused-ring (bicyclic) bond motifs is 1. The van der Waals surface area contributed by atoms with Crippen molar-refractivity contribution in [1.82, 2.24) is 5.43 Å². The molecule has 0 aliphatic heterocycles. The van der Waals surface area contributed by atoms with Crippen molar-refractivity contribution in [1.29, 1.82) is 0 Å². The van der Waals surface area contributed by atoms with E-state index in [0.29, 0.717) is 10.8 Å². The van der Waals surface area contributed by atoms with Gasteiger partial charge in [-0.05, 0) is 48.9 Å². The van der Waals surface area contributed by atoms with Crippen molar-refractivity contribution < 1.29 is 24.2 Å². The highest BCUT2D eigenvalue weighted by atomic mass is 32.1. The number of aryl methyl sites for hydroxylation is 1. The summed E-state index contributed by atoms with van der Waals surface area (Å²) >= 11 is 1.49. The molecule has 1 aliphatic rings. The fourth-order valence-electron chi connectivity index (χ4n) is 3.54. The first-order valence-corrected chi connectivity index (χ1v) is 10.2. The molecule has 8 heteroatoms. The van der Waals surface area contributed by atoms with Crippen molar-refractivity contribution in [3.63, 3.8) is 0 Å². The van der Waals surface area contributed by atoms with Crippen LogP contribution >= 0.6 is 11.3 Å². The molecule has 1 amide bonds. The first-order valence-electron chi connectivity index (χ1n) is 9.39. The predicted octanol–water partition coefficient (Wildman–Crippen LogP) is 2.41. The number of hydrazone groups is 1. The molecular weight excluding hydrogens is 392 g/mol. The van der Waals surface area contributed by atoms with Crippen molar-refractivity contribution in [3.05, 3.63) is 44.6 Å². The van der Waals surface area contributed by atoms with Gasteiger partial charge in [0.1, 0.15) is 0 Å². The summed E-state index contributed by atoms with van der Waals surface area (Å²) in [5, 5.41) is 15.5. The summed E-state index contributed by atoms with van der Waals surface area (Å²) in [6, 6.07) is 5.01. The molecule has 1 atom stereocenters. The Morgan fingerprint density at radius 1 is 1.34 bits per heavy atom. The van der Waals surface area contributed by atoms with E-state index < -0.39 is 5.97 Å². The van der Waals surface area contributed by atoms with Gasteiger partial charge in [0.25, 0.3) is 5.91 Å². The van der Waals surface area contributed by atoms with E-state index in [4.69, 9.17) is 9.47 Å². The van der Waals surface area contributed by atoms with Crippen LogP contribution < -0.4 is 20.0 Å². The minimum absolute atomic E-state index is 0.0409. The summed E-state index contributed by atoms with van der Waals surface area (Å²) in [5.41, 5.74) is 3.76. The molecule has 1 N–H and O–H groups in total.